The van der Waals surface area contributed by atoms with Crippen LogP contribution < -0.4 is 0 Å². The molecule has 1 aromatic carbocycles. The van der Waals surface area contributed by atoms with E-state index in [0.29, 0.717) is 18.8 Å². The zero-order valence-corrected chi connectivity index (χ0v) is 17.9. The molecule has 6 heteroatoms. The smallest absolute Gasteiger partial charge is 0.338 e. The second-order valence-electron chi connectivity index (χ2n) is 5.82. The maximum Gasteiger partial charge on any atom is 0.338 e. The quantitative estimate of drug-likeness (QED) is 0.267. The van der Waals surface area contributed by atoms with Gasteiger partial charge in [-0.2, -0.15) is 0 Å². The van der Waals surface area contributed by atoms with E-state index in [1.807, 2.05) is 30.5 Å². The summed E-state index contributed by atoms with van der Waals surface area (Å²) in [6.45, 7) is 7.09. The zero-order chi connectivity index (χ0) is 18.2. The first kappa shape index (κ1) is 20.3. The van der Waals surface area contributed by atoms with Gasteiger partial charge in [-0.05, 0) is 66.1 Å². The van der Waals surface area contributed by atoms with Crippen molar-refractivity contribution in [3.63, 3.8) is 0 Å². The molecule has 1 atom stereocenters. The van der Waals surface area contributed by atoms with Crippen molar-refractivity contribution in [2.24, 2.45) is 0 Å². The Morgan fingerprint density at radius 3 is 2.80 bits per heavy atom. The fourth-order valence-corrected chi connectivity index (χ4v) is 3.75. The van der Waals surface area contributed by atoms with Gasteiger partial charge in [0.05, 0.1) is 24.9 Å². The second-order valence-corrected chi connectivity index (χ2v) is 7.92. The van der Waals surface area contributed by atoms with Gasteiger partial charge < -0.3 is 9.47 Å². The number of rotatable bonds is 9. The van der Waals surface area contributed by atoms with Crippen molar-refractivity contribution in [2.75, 3.05) is 6.61 Å². The van der Waals surface area contributed by atoms with Crippen LogP contribution in [0, 0.1) is 10.5 Å². The number of carbonyl (C=O) groups excluding carboxylic acids is 1. The highest BCUT2D eigenvalue weighted by Crippen LogP contribution is 2.28. The van der Waals surface area contributed by atoms with Crippen molar-refractivity contribution in [1.82, 2.24) is 4.98 Å². The summed E-state index contributed by atoms with van der Waals surface area (Å²) < 4.78 is 12.5. The van der Waals surface area contributed by atoms with Crippen LogP contribution >= 0.6 is 33.9 Å². The molecule has 0 aliphatic rings. The average molecular weight is 473 g/mol. The van der Waals surface area contributed by atoms with Crippen molar-refractivity contribution in [1.29, 1.82) is 0 Å². The highest BCUT2D eigenvalue weighted by molar-refractivity contribution is 14.1. The average Bonchev–Trinajstić information content (AvgIpc) is 3.02. The Balaban J connectivity index is 2.08. The van der Waals surface area contributed by atoms with E-state index >= 15 is 0 Å². The number of halogens is 1. The second kappa shape index (κ2) is 10.2. The van der Waals surface area contributed by atoms with Gasteiger partial charge in [-0.3, -0.25) is 0 Å². The lowest BCUT2D eigenvalue weighted by molar-refractivity contribution is 0.0362. The number of thiazole rings is 1. The Bertz CT molecular complexity index is 702. The van der Waals surface area contributed by atoms with Crippen LogP contribution in [0.2, 0.25) is 0 Å². The van der Waals surface area contributed by atoms with Gasteiger partial charge in [0.2, 0.25) is 0 Å². The molecule has 4 nitrogen and oxygen atoms in total. The summed E-state index contributed by atoms with van der Waals surface area (Å²) >= 11 is 3.90. The van der Waals surface area contributed by atoms with Crippen molar-refractivity contribution in [3.05, 3.63) is 49.0 Å². The van der Waals surface area contributed by atoms with Gasteiger partial charge in [-0.25, -0.2) is 9.78 Å². The van der Waals surface area contributed by atoms with Crippen LogP contribution in [0.25, 0.3) is 0 Å². The summed E-state index contributed by atoms with van der Waals surface area (Å²) in [5.74, 6) is -0.267. The van der Waals surface area contributed by atoms with Crippen molar-refractivity contribution in [2.45, 2.75) is 52.7 Å². The first-order valence-electron chi connectivity index (χ1n) is 8.54. The van der Waals surface area contributed by atoms with E-state index in [2.05, 4.69) is 41.4 Å². The van der Waals surface area contributed by atoms with Gasteiger partial charge >= 0.3 is 5.97 Å². The molecule has 1 heterocycles. The molecule has 136 valence electrons. The van der Waals surface area contributed by atoms with Crippen LogP contribution in [0.1, 0.15) is 65.8 Å². The SMILES string of the molecule is CCCCOC(=O)c1ccc(I)c(C(CC)OCc2nc(C)cs2)c1. The predicted molar refractivity (Wildman–Crippen MR) is 109 cm³/mol. The molecule has 0 saturated heterocycles. The van der Waals surface area contributed by atoms with E-state index < -0.39 is 0 Å². The standard InChI is InChI=1S/C19H24INO3S/c1-4-6-9-23-19(22)14-7-8-16(20)15(10-14)17(5-2)24-11-18-21-13(3)12-25-18/h7-8,10,12,17H,4-6,9,11H2,1-3H3. The molecule has 0 aliphatic heterocycles. The van der Waals surface area contributed by atoms with E-state index in [-0.39, 0.29) is 12.1 Å². The number of hydrogen-bond donors (Lipinski definition) is 0. The number of nitrogens with zero attached hydrogens (tertiary/aromatic N) is 1. The monoisotopic (exact) mass is 473 g/mol. The van der Waals surface area contributed by atoms with Crippen molar-refractivity contribution < 1.29 is 14.3 Å². The molecule has 1 unspecified atom stereocenters. The van der Waals surface area contributed by atoms with E-state index in [9.17, 15) is 4.79 Å². The maximum absolute atomic E-state index is 12.2. The molecule has 2 aromatic rings. The van der Waals surface area contributed by atoms with E-state index in [1.54, 1.807) is 11.3 Å². The topological polar surface area (TPSA) is 48.4 Å². The van der Waals surface area contributed by atoms with Gasteiger partial charge in [0, 0.05) is 14.6 Å². The summed E-state index contributed by atoms with van der Waals surface area (Å²) in [5, 5.41) is 3.00. The Kier molecular flexibility index (Phi) is 8.32. The number of esters is 1. The number of carbonyl (C=O) groups is 1. The van der Waals surface area contributed by atoms with Gasteiger partial charge in [-0.15, -0.1) is 11.3 Å². The number of unbranched alkanes of at least 4 members (excludes halogenated alkanes) is 1. The Morgan fingerprint density at radius 2 is 2.16 bits per heavy atom. The third-order valence-corrected chi connectivity index (χ3v) is 5.68. The summed E-state index contributed by atoms with van der Waals surface area (Å²) in [5.41, 5.74) is 2.63. The third kappa shape index (κ3) is 6.04. The van der Waals surface area contributed by atoms with Crippen molar-refractivity contribution >= 4 is 39.9 Å². The van der Waals surface area contributed by atoms with Gasteiger partial charge in [0.1, 0.15) is 5.01 Å². The molecule has 0 amide bonds. The highest BCUT2D eigenvalue weighted by atomic mass is 127. The molecular weight excluding hydrogens is 449 g/mol. The van der Waals surface area contributed by atoms with Crippen LogP contribution in [0.4, 0.5) is 0 Å². The van der Waals surface area contributed by atoms with Crippen LogP contribution in [0.5, 0.6) is 0 Å². The minimum Gasteiger partial charge on any atom is -0.462 e. The molecule has 0 spiro atoms. The molecule has 2 rings (SSSR count). The van der Waals surface area contributed by atoms with Gasteiger partial charge in [0.25, 0.3) is 0 Å². The van der Waals surface area contributed by atoms with Gasteiger partial charge in [0.15, 0.2) is 0 Å². The molecule has 0 fully saturated rings. The number of aryl methyl sites for hydroxylation is 1. The minimum atomic E-state index is -0.267. The van der Waals surface area contributed by atoms with E-state index in [1.165, 1.54) is 0 Å². The predicted octanol–water partition coefficient (Wildman–Crippen LogP) is 5.68. The zero-order valence-electron chi connectivity index (χ0n) is 14.9. The Morgan fingerprint density at radius 1 is 1.36 bits per heavy atom. The number of aromatic nitrogens is 1. The third-order valence-electron chi connectivity index (χ3n) is 3.75. The fraction of sp³-hybridized carbons (Fsp3) is 0.474. The lowest BCUT2D eigenvalue weighted by Crippen LogP contribution is -2.10. The molecule has 0 N–H and O–H groups in total. The first-order valence-corrected chi connectivity index (χ1v) is 10.5. The molecule has 1 aromatic heterocycles. The summed E-state index contributed by atoms with van der Waals surface area (Å²) in [6.07, 6.45) is 2.65. The number of hydrogen-bond acceptors (Lipinski definition) is 5. The molecule has 0 radical (unpaired) electrons. The largest absolute Gasteiger partial charge is 0.462 e. The molecule has 0 aliphatic carbocycles. The number of ether oxygens (including phenoxy) is 2. The van der Waals surface area contributed by atoms with Crippen LogP contribution in [0.15, 0.2) is 23.6 Å². The van der Waals surface area contributed by atoms with Crippen LogP contribution in [-0.4, -0.2) is 17.6 Å². The Labute approximate surface area is 167 Å². The lowest BCUT2D eigenvalue weighted by Gasteiger charge is -2.18. The summed E-state index contributed by atoms with van der Waals surface area (Å²) in [7, 11) is 0. The van der Waals surface area contributed by atoms with E-state index in [0.717, 1.165) is 39.1 Å². The van der Waals surface area contributed by atoms with Gasteiger partial charge in [-0.1, -0.05) is 20.3 Å². The fourth-order valence-electron chi connectivity index (χ4n) is 2.38. The lowest BCUT2D eigenvalue weighted by atomic mass is 10.0. The first-order chi connectivity index (χ1) is 12.0. The van der Waals surface area contributed by atoms with Crippen LogP contribution in [-0.2, 0) is 16.1 Å². The molecule has 25 heavy (non-hydrogen) atoms. The molecular formula is C19H24INO3S. The summed E-state index contributed by atoms with van der Waals surface area (Å²) in [4.78, 5) is 16.6. The molecule has 0 bridgehead atoms. The van der Waals surface area contributed by atoms with Crippen molar-refractivity contribution in [3.8, 4) is 0 Å². The van der Waals surface area contributed by atoms with E-state index in [4.69, 9.17) is 9.47 Å². The summed E-state index contributed by atoms with van der Waals surface area (Å²) in [6, 6.07) is 5.67. The minimum absolute atomic E-state index is 0.0699. The number of benzene rings is 1. The van der Waals surface area contributed by atoms with Crippen LogP contribution in [0.3, 0.4) is 0 Å². The maximum atomic E-state index is 12.2. The molecule has 0 saturated carbocycles. The highest BCUT2D eigenvalue weighted by Gasteiger charge is 2.17. The normalized spacial score (nSPS) is 12.2. The Hall–Kier alpha value is -0.990.